The van der Waals surface area contributed by atoms with Gasteiger partial charge in [-0.3, -0.25) is 9.59 Å². The topological polar surface area (TPSA) is 96.2 Å². The van der Waals surface area contributed by atoms with Crippen LogP contribution in [-0.2, 0) is 16.0 Å². The molecule has 2 amide bonds. The molecule has 0 saturated carbocycles. The van der Waals surface area contributed by atoms with Crippen molar-refractivity contribution in [1.29, 1.82) is 0 Å². The third-order valence-electron chi connectivity index (χ3n) is 3.18. The molecule has 1 aromatic rings. The number of aryl methyl sites for hydroxylation is 1. The van der Waals surface area contributed by atoms with E-state index in [1.54, 1.807) is 20.0 Å². The van der Waals surface area contributed by atoms with Crippen molar-refractivity contribution in [3.8, 4) is 0 Å². The standard InChI is InChI=1S/C13H18N4O2/c1-7(13(19)15-2)16-11-5-8-3-4-12(18)17-10(8)6-9(11)14/h5-7,16H,3-4,14H2,1-2H3,(H,15,19)(H,17,18). The summed E-state index contributed by atoms with van der Waals surface area (Å²) in [5.41, 5.74) is 8.94. The maximum atomic E-state index is 11.5. The van der Waals surface area contributed by atoms with Gasteiger partial charge in [-0.1, -0.05) is 0 Å². The number of carbonyl (C=O) groups is 2. The first kappa shape index (κ1) is 13.2. The van der Waals surface area contributed by atoms with Crippen LogP contribution in [-0.4, -0.2) is 24.9 Å². The molecule has 1 aliphatic rings. The van der Waals surface area contributed by atoms with Crippen LogP contribution < -0.4 is 21.7 Å². The van der Waals surface area contributed by atoms with E-state index >= 15 is 0 Å². The summed E-state index contributed by atoms with van der Waals surface area (Å²) in [6.07, 6.45) is 1.16. The van der Waals surface area contributed by atoms with Gasteiger partial charge in [0.1, 0.15) is 6.04 Å². The van der Waals surface area contributed by atoms with E-state index in [0.717, 1.165) is 11.3 Å². The monoisotopic (exact) mass is 262 g/mol. The van der Waals surface area contributed by atoms with Gasteiger partial charge in [0.15, 0.2) is 0 Å². The molecule has 1 heterocycles. The van der Waals surface area contributed by atoms with E-state index in [4.69, 9.17) is 5.73 Å². The van der Waals surface area contributed by atoms with Gasteiger partial charge in [-0.2, -0.15) is 0 Å². The first-order valence-corrected chi connectivity index (χ1v) is 6.21. The smallest absolute Gasteiger partial charge is 0.241 e. The van der Waals surface area contributed by atoms with Crippen molar-refractivity contribution in [2.24, 2.45) is 0 Å². The number of nitrogens with two attached hydrogens (primary N) is 1. The normalized spacial score (nSPS) is 15.2. The molecule has 19 heavy (non-hydrogen) atoms. The van der Waals surface area contributed by atoms with Crippen molar-refractivity contribution in [2.75, 3.05) is 23.4 Å². The molecule has 6 nitrogen and oxygen atoms in total. The fourth-order valence-electron chi connectivity index (χ4n) is 2.09. The molecule has 102 valence electrons. The molecule has 1 aromatic carbocycles. The highest BCUT2D eigenvalue weighted by molar-refractivity contribution is 5.96. The molecular weight excluding hydrogens is 244 g/mol. The van der Waals surface area contributed by atoms with Crippen LogP contribution in [0.25, 0.3) is 0 Å². The Hall–Kier alpha value is -2.24. The van der Waals surface area contributed by atoms with Crippen molar-refractivity contribution in [3.05, 3.63) is 17.7 Å². The Morgan fingerprint density at radius 1 is 1.42 bits per heavy atom. The third kappa shape index (κ3) is 2.78. The highest BCUT2D eigenvalue weighted by Gasteiger charge is 2.18. The van der Waals surface area contributed by atoms with E-state index in [2.05, 4.69) is 16.0 Å². The van der Waals surface area contributed by atoms with Crippen LogP contribution in [0, 0.1) is 0 Å². The Bertz CT molecular complexity index is 528. The van der Waals surface area contributed by atoms with Crippen molar-refractivity contribution >= 4 is 28.9 Å². The van der Waals surface area contributed by atoms with Gasteiger partial charge in [0.05, 0.1) is 11.4 Å². The maximum Gasteiger partial charge on any atom is 0.241 e. The Morgan fingerprint density at radius 3 is 2.84 bits per heavy atom. The van der Waals surface area contributed by atoms with Gasteiger partial charge in [0.25, 0.3) is 0 Å². The Balaban J connectivity index is 2.23. The average Bonchev–Trinajstić information content (AvgIpc) is 2.38. The summed E-state index contributed by atoms with van der Waals surface area (Å²) >= 11 is 0. The molecular formula is C13H18N4O2. The summed E-state index contributed by atoms with van der Waals surface area (Å²) < 4.78 is 0. The molecule has 0 radical (unpaired) electrons. The Labute approximate surface area is 111 Å². The van der Waals surface area contributed by atoms with Crippen molar-refractivity contribution in [3.63, 3.8) is 0 Å². The minimum Gasteiger partial charge on any atom is -0.397 e. The highest BCUT2D eigenvalue weighted by Crippen LogP contribution is 2.31. The minimum atomic E-state index is -0.372. The number of fused-ring (bicyclic) bond motifs is 1. The van der Waals surface area contributed by atoms with Crippen LogP contribution in [0.5, 0.6) is 0 Å². The van der Waals surface area contributed by atoms with E-state index < -0.39 is 0 Å². The maximum absolute atomic E-state index is 11.5. The number of anilines is 3. The average molecular weight is 262 g/mol. The van der Waals surface area contributed by atoms with Crippen LogP contribution in [0.3, 0.4) is 0 Å². The number of hydrogen-bond donors (Lipinski definition) is 4. The largest absolute Gasteiger partial charge is 0.397 e. The molecule has 1 unspecified atom stereocenters. The number of nitrogen functional groups attached to an aromatic ring is 1. The second-order valence-corrected chi connectivity index (χ2v) is 4.63. The summed E-state index contributed by atoms with van der Waals surface area (Å²) in [5, 5.41) is 8.43. The summed E-state index contributed by atoms with van der Waals surface area (Å²) in [7, 11) is 1.59. The van der Waals surface area contributed by atoms with E-state index in [-0.39, 0.29) is 17.9 Å². The van der Waals surface area contributed by atoms with Gasteiger partial charge in [-0.25, -0.2) is 0 Å². The quantitative estimate of drug-likeness (QED) is 0.603. The molecule has 2 rings (SSSR count). The lowest BCUT2D eigenvalue weighted by Crippen LogP contribution is -2.35. The zero-order valence-electron chi connectivity index (χ0n) is 11.0. The second-order valence-electron chi connectivity index (χ2n) is 4.63. The number of hydrogen-bond acceptors (Lipinski definition) is 4. The fourth-order valence-corrected chi connectivity index (χ4v) is 2.09. The molecule has 5 N–H and O–H groups in total. The predicted molar refractivity (Wildman–Crippen MR) is 75.0 cm³/mol. The SMILES string of the molecule is CNC(=O)C(C)Nc1cc2c(cc1N)NC(=O)CC2. The summed E-state index contributed by atoms with van der Waals surface area (Å²) in [6, 6.07) is 3.25. The Morgan fingerprint density at radius 2 is 2.16 bits per heavy atom. The second kappa shape index (κ2) is 5.17. The lowest BCUT2D eigenvalue weighted by molar-refractivity contribution is -0.121. The Kier molecular flexibility index (Phi) is 3.59. The van der Waals surface area contributed by atoms with E-state index in [0.29, 0.717) is 24.2 Å². The van der Waals surface area contributed by atoms with Gasteiger partial charge in [0.2, 0.25) is 11.8 Å². The molecule has 0 fully saturated rings. The van der Waals surface area contributed by atoms with Crippen molar-refractivity contribution in [2.45, 2.75) is 25.8 Å². The number of carbonyl (C=O) groups excluding carboxylic acids is 2. The van der Waals surface area contributed by atoms with Crippen molar-refractivity contribution in [1.82, 2.24) is 5.32 Å². The van der Waals surface area contributed by atoms with Crippen LogP contribution >= 0.6 is 0 Å². The zero-order valence-corrected chi connectivity index (χ0v) is 11.0. The number of amides is 2. The van der Waals surface area contributed by atoms with E-state index in [9.17, 15) is 9.59 Å². The molecule has 0 spiro atoms. The van der Waals surface area contributed by atoms with Gasteiger partial charge >= 0.3 is 0 Å². The van der Waals surface area contributed by atoms with Crippen LogP contribution in [0.1, 0.15) is 18.9 Å². The molecule has 0 bridgehead atoms. The molecule has 6 heteroatoms. The van der Waals surface area contributed by atoms with Gasteiger partial charge in [0, 0.05) is 19.2 Å². The highest BCUT2D eigenvalue weighted by atomic mass is 16.2. The lowest BCUT2D eigenvalue weighted by atomic mass is 10.0. The third-order valence-corrected chi connectivity index (χ3v) is 3.18. The van der Waals surface area contributed by atoms with Crippen LogP contribution in [0.4, 0.5) is 17.1 Å². The van der Waals surface area contributed by atoms with Crippen molar-refractivity contribution < 1.29 is 9.59 Å². The molecule has 0 saturated heterocycles. The van der Waals surface area contributed by atoms with Gasteiger partial charge < -0.3 is 21.7 Å². The summed E-state index contributed by atoms with van der Waals surface area (Å²) in [4.78, 5) is 22.8. The number of nitrogens with one attached hydrogen (secondary N) is 3. The first-order valence-electron chi connectivity index (χ1n) is 6.21. The first-order chi connectivity index (χ1) is 9.01. The minimum absolute atomic E-state index is 0.00587. The molecule has 1 atom stereocenters. The van der Waals surface area contributed by atoms with Crippen LogP contribution in [0.2, 0.25) is 0 Å². The van der Waals surface area contributed by atoms with Gasteiger partial charge in [-0.05, 0) is 31.0 Å². The lowest BCUT2D eigenvalue weighted by Gasteiger charge is -2.21. The number of likely N-dealkylation sites (N-methyl/N-ethyl adjacent to an activating group) is 1. The molecule has 1 aliphatic heterocycles. The molecule has 0 aliphatic carbocycles. The summed E-state index contributed by atoms with van der Waals surface area (Å²) in [6.45, 7) is 1.76. The molecule has 0 aromatic heterocycles. The van der Waals surface area contributed by atoms with Gasteiger partial charge in [-0.15, -0.1) is 0 Å². The van der Waals surface area contributed by atoms with E-state index in [1.807, 2.05) is 6.07 Å². The zero-order chi connectivity index (χ0) is 14.0. The summed E-state index contributed by atoms with van der Waals surface area (Å²) in [5.74, 6) is -0.100. The van der Waals surface area contributed by atoms with Crippen LogP contribution in [0.15, 0.2) is 12.1 Å². The van der Waals surface area contributed by atoms with E-state index in [1.165, 1.54) is 0 Å². The number of rotatable bonds is 3. The predicted octanol–water partition coefficient (Wildman–Crippen LogP) is 0.700. The fraction of sp³-hybridized carbons (Fsp3) is 0.385. The number of benzene rings is 1.